The van der Waals surface area contributed by atoms with Gasteiger partial charge in [-0.1, -0.05) is 44.2 Å². The zero-order valence-corrected chi connectivity index (χ0v) is 18.5. The molecule has 0 saturated carbocycles. The maximum Gasteiger partial charge on any atom is 0.244 e. The number of carbonyl (C=O) groups excluding carboxylic acids is 1. The summed E-state index contributed by atoms with van der Waals surface area (Å²) in [5.74, 6) is 0.670. The zero-order valence-electron chi connectivity index (χ0n) is 18.5. The van der Waals surface area contributed by atoms with Crippen molar-refractivity contribution in [1.82, 2.24) is 10.2 Å². The van der Waals surface area contributed by atoms with Crippen LogP contribution in [-0.4, -0.2) is 63.2 Å². The lowest BCUT2D eigenvalue weighted by Gasteiger charge is -2.37. The molecule has 2 aliphatic rings. The number of likely N-dealkylation sites (N-methyl/N-ethyl adjacent to an activating group) is 1. The van der Waals surface area contributed by atoms with Gasteiger partial charge in [0, 0.05) is 50.6 Å². The Morgan fingerprint density at radius 3 is 2.37 bits per heavy atom. The van der Waals surface area contributed by atoms with Crippen molar-refractivity contribution in [3.63, 3.8) is 0 Å². The fraction of sp³-hybridized carbons (Fsp3) is 0.480. The topological polar surface area (TPSA) is 38.8 Å². The summed E-state index contributed by atoms with van der Waals surface area (Å²) in [5, 5.41) is 3.47. The number of piperazine rings is 2. The Morgan fingerprint density at radius 1 is 0.967 bits per heavy atom. The Labute approximate surface area is 180 Å². The van der Waals surface area contributed by atoms with Crippen molar-refractivity contribution >= 4 is 17.3 Å². The summed E-state index contributed by atoms with van der Waals surface area (Å²) in [4.78, 5) is 20.1. The Hall–Kier alpha value is -2.37. The van der Waals surface area contributed by atoms with Gasteiger partial charge in [0.05, 0.1) is 6.04 Å². The molecular formula is C25H34N4O. The molecule has 0 radical (unpaired) electrons. The van der Waals surface area contributed by atoms with E-state index in [0.717, 1.165) is 51.4 Å². The van der Waals surface area contributed by atoms with Gasteiger partial charge in [-0.05, 0) is 48.7 Å². The highest BCUT2D eigenvalue weighted by atomic mass is 16.2. The van der Waals surface area contributed by atoms with E-state index in [4.69, 9.17) is 0 Å². The van der Waals surface area contributed by atoms with E-state index in [1.165, 1.54) is 16.8 Å². The summed E-state index contributed by atoms with van der Waals surface area (Å²) < 4.78 is 0. The van der Waals surface area contributed by atoms with Crippen molar-refractivity contribution in [3.05, 3.63) is 59.7 Å². The van der Waals surface area contributed by atoms with Crippen LogP contribution in [-0.2, 0) is 11.2 Å². The number of para-hydroxylation sites is 1. The van der Waals surface area contributed by atoms with Gasteiger partial charge in [0.15, 0.2) is 0 Å². The molecule has 0 aliphatic carbocycles. The van der Waals surface area contributed by atoms with Crippen LogP contribution in [0.2, 0.25) is 0 Å². The second-order valence-electron chi connectivity index (χ2n) is 8.87. The van der Waals surface area contributed by atoms with Gasteiger partial charge in [0.25, 0.3) is 0 Å². The number of nitrogens with zero attached hydrogens (tertiary/aromatic N) is 3. The summed E-state index contributed by atoms with van der Waals surface area (Å²) in [6.07, 6.45) is 0.724. The van der Waals surface area contributed by atoms with Gasteiger partial charge in [0.2, 0.25) is 5.91 Å². The van der Waals surface area contributed by atoms with Crippen molar-refractivity contribution < 1.29 is 4.79 Å². The average molecular weight is 407 g/mol. The largest absolute Gasteiger partial charge is 0.369 e. The van der Waals surface area contributed by atoms with Crippen LogP contribution in [0.1, 0.15) is 30.9 Å². The molecule has 2 aromatic carbocycles. The number of benzene rings is 2. The smallest absolute Gasteiger partial charge is 0.244 e. The van der Waals surface area contributed by atoms with Crippen molar-refractivity contribution in [2.45, 2.75) is 32.2 Å². The van der Waals surface area contributed by atoms with Crippen molar-refractivity contribution in [1.29, 1.82) is 0 Å². The van der Waals surface area contributed by atoms with Crippen LogP contribution in [0.4, 0.5) is 11.4 Å². The third kappa shape index (κ3) is 4.52. The highest BCUT2D eigenvalue weighted by molar-refractivity contribution is 5.98. The van der Waals surface area contributed by atoms with Gasteiger partial charge in [-0.2, -0.15) is 0 Å². The van der Waals surface area contributed by atoms with Gasteiger partial charge >= 0.3 is 0 Å². The molecule has 0 aromatic heterocycles. The number of hydrogen-bond donors (Lipinski definition) is 1. The van der Waals surface area contributed by atoms with Crippen LogP contribution < -0.4 is 15.1 Å². The molecule has 1 atom stereocenters. The maximum absolute atomic E-state index is 13.3. The van der Waals surface area contributed by atoms with E-state index in [0.29, 0.717) is 5.92 Å². The number of amides is 1. The molecule has 160 valence electrons. The van der Waals surface area contributed by atoms with Crippen molar-refractivity contribution in [2.75, 3.05) is 56.1 Å². The summed E-state index contributed by atoms with van der Waals surface area (Å²) in [5.41, 5.74) is 4.84. The molecule has 5 nitrogen and oxygen atoms in total. The molecule has 2 aliphatic heterocycles. The molecular weight excluding hydrogens is 372 g/mol. The predicted octanol–water partition coefficient (Wildman–Crippen LogP) is 3.11. The highest BCUT2D eigenvalue weighted by Gasteiger charge is 2.30. The van der Waals surface area contributed by atoms with Crippen LogP contribution >= 0.6 is 0 Å². The van der Waals surface area contributed by atoms with E-state index >= 15 is 0 Å². The lowest BCUT2D eigenvalue weighted by Crippen LogP contribution is -2.56. The molecule has 2 saturated heterocycles. The molecule has 5 heteroatoms. The first-order chi connectivity index (χ1) is 14.5. The number of nitrogens with one attached hydrogen (secondary N) is 1. The van der Waals surface area contributed by atoms with Gasteiger partial charge in [-0.15, -0.1) is 0 Å². The minimum atomic E-state index is -0.183. The van der Waals surface area contributed by atoms with E-state index < -0.39 is 0 Å². The first kappa shape index (κ1) is 20.9. The third-order valence-corrected chi connectivity index (χ3v) is 6.42. The summed E-state index contributed by atoms with van der Waals surface area (Å²) >= 11 is 0. The summed E-state index contributed by atoms with van der Waals surface area (Å²) in [7, 11) is 2.18. The molecule has 1 unspecified atom stereocenters. The van der Waals surface area contributed by atoms with Gasteiger partial charge in [-0.25, -0.2) is 0 Å². The van der Waals surface area contributed by atoms with Crippen LogP contribution in [0.5, 0.6) is 0 Å². The SMILES string of the molecule is CC(C)c1ccc(N2CCNC(Cc3ccccc3N3CCN(C)CC3)C2=O)cc1. The average Bonchev–Trinajstić information content (AvgIpc) is 2.76. The first-order valence-electron chi connectivity index (χ1n) is 11.2. The molecule has 0 spiro atoms. The molecule has 0 bridgehead atoms. The summed E-state index contributed by atoms with van der Waals surface area (Å²) in [6, 6.07) is 16.9. The molecule has 2 aromatic rings. The number of anilines is 2. The monoisotopic (exact) mass is 406 g/mol. The van der Waals surface area contributed by atoms with Crippen molar-refractivity contribution in [2.24, 2.45) is 0 Å². The van der Waals surface area contributed by atoms with E-state index in [-0.39, 0.29) is 11.9 Å². The van der Waals surface area contributed by atoms with E-state index in [1.807, 2.05) is 4.90 Å². The van der Waals surface area contributed by atoms with Crippen LogP contribution in [0.3, 0.4) is 0 Å². The molecule has 1 N–H and O–H groups in total. The molecule has 4 rings (SSSR count). The zero-order chi connectivity index (χ0) is 21.1. The molecule has 2 heterocycles. The second kappa shape index (κ2) is 9.19. The number of hydrogen-bond acceptors (Lipinski definition) is 4. The molecule has 1 amide bonds. The van der Waals surface area contributed by atoms with Crippen LogP contribution in [0, 0.1) is 0 Å². The minimum Gasteiger partial charge on any atom is -0.369 e. The summed E-state index contributed by atoms with van der Waals surface area (Å²) in [6.45, 7) is 10.2. The van der Waals surface area contributed by atoms with Gasteiger partial charge in [-0.3, -0.25) is 4.79 Å². The standard InChI is InChI=1S/C25H34N4O/c1-19(2)20-8-10-22(11-9-20)29-13-12-26-23(25(29)30)18-21-6-4-5-7-24(21)28-16-14-27(3)15-17-28/h4-11,19,23,26H,12-18H2,1-3H3. The highest BCUT2D eigenvalue weighted by Crippen LogP contribution is 2.26. The molecule has 30 heavy (non-hydrogen) atoms. The quantitative estimate of drug-likeness (QED) is 0.828. The van der Waals surface area contributed by atoms with Gasteiger partial charge < -0.3 is 20.0 Å². The fourth-order valence-corrected chi connectivity index (χ4v) is 4.45. The Kier molecular flexibility index (Phi) is 6.40. The van der Waals surface area contributed by atoms with Gasteiger partial charge in [0.1, 0.15) is 0 Å². The van der Waals surface area contributed by atoms with Crippen molar-refractivity contribution in [3.8, 4) is 0 Å². The normalized spacial score (nSPS) is 20.8. The predicted molar refractivity (Wildman–Crippen MR) is 125 cm³/mol. The lowest BCUT2D eigenvalue weighted by atomic mass is 9.99. The minimum absolute atomic E-state index is 0.173. The number of rotatable bonds is 5. The Balaban J connectivity index is 1.49. The van der Waals surface area contributed by atoms with E-state index in [2.05, 4.69) is 84.5 Å². The number of carbonyl (C=O) groups is 1. The van der Waals surface area contributed by atoms with E-state index in [1.54, 1.807) is 0 Å². The van der Waals surface area contributed by atoms with E-state index in [9.17, 15) is 4.79 Å². The third-order valence-electron chi connectivity index (χ3n) is 6.42. The van der Waals surface area contributed by atoms with Crippen LogP contribution in [0.25, 0.3) is 0 Å². The lowest BCUT2D eigenvalue weighted by molar-refractivity contribution is -0.121. The second-order valence-corrected chi connectivity index (χ2v) is 8.87. The Morgan fingerprint density at radius 2 is 1.67 bits per heavy atom. The van der Waals surface area contributed by atoms with Crippen LogP contribution in [0.15, 0.2) is 48.5 Å². The maximum atomic E-state index is 13.3. The molecule has 2 fully saturated rings. The first-order valence-corrected chi connectivity index (χ1v) is 11.2. The Bertz CT molecular complexity index is 856. The fourth-order valence-electron chi connectivity index (χ4n) is 4.45.